The van der Waals surface area contributed by atoms with Crippen LogP contribution < -0.4 is 5.32 Å². The molecular formula is C14H25NO3. The first-order valence-electron chi connectivity index (χ1n) is 7.10. The average Bonchev–Trinajstić information content (AvgIpc) is 2.37. The lowest BCUT2D eigenvalue weighted by Crippen LogP contribution is -2.38. The molecule has 1 rings (SSSR count). The zero-order chi connectivity index (χ0) is 13.4. The number of carbonyl (C=O) groups is 2. The molecule has 0 bridgehead atoms. The maximum absolute atomic E-state index is 11.7. The lowest BCUT2D eigenvalue weighted by atomic mass is 9.84. The van der Waals surface area contributed by atoms with Crippen LogP contribution in [0.5, 0.6) is 0 Å². The number of amides is 1. The van der Waals surface area contributed by atoms with Crippen LogP contribution in [-0.4, -0.2) is 24.5 Å². The molecule has 4 nitrogen and oxygen atoms in total. The molecule has 0 spiro atoms. The normalized spacial score (nSPS) is 23.4. The largest absolute Gasteiger partial charge is 0.466 e. The molecule has 1 N–H and O–H groups in total. The summed E-state index contributed by atoms with van der Waals surface area (Å²) in [4.78, 5) is 22.8. The van der Waals surface area contributed by atoms with Crippen molar-refractivity contribution in [1.82, 2.24) is 5.32 Å². The van der Waals surface area contributed by atoms with Crippen molar-refractivity contribution in [2.45, 2.75) is 64.8 Å². The molecule has 1 amide bonds. The van der Waals surface area contributed by atoms with Gasteiger partial charge in [-0.1, -0.05) is 26.2 Å². The number of hydrogen-bond donors (Lipinski definition) is 1. The zero-order valence-electron chi connectivity index (χ0n) is 11.5. The Kier molecular flexibility index (Phi) is 6.76. The molecule has 0 heterocycles. The highest BCUT2D eigenvalue weighted by atomic mass is 16.5. The van der Waals surface area contributed by atoms with Gasteiger partial charge in [0, 0.05) is 12.5 Å². The Morgan fingerprint density at radius 3 is 2.67 bits per heavy atom. The van der Waals surface area contributed by atoms with Crippen molar-refractivity contribution in [3.05, 3.63) is 0 Å². The number of rotatable bonds is 6. The number of ether oxygens (including phenoxy) is 1. The van der Waals surface area contributed by atoms with E-state index >= 15 is 0 Å². The van der Waals surface area contributed by atoms with Crippen molar-refractivity contribution < 1.29 is 14.3 Å². The van der Waals surface area contributed by atoms with E-state index in [2.05, 4.69) is 12.2 Å². The number of carbonyl (C=O) groups excluding carboxylic acids is 2. The lowest BCUT2D eigenvalue weighted by Gasteiger charge is -2.29. The van der Waals surface area contributed by atoms with Crippen LogP contribution in [0.1, 0.15) is 58.8 Å². The van der Waals surface area contributed by atoms with Gasteiger partial charge in [-0.05, 0) is 25.7 Å². The van der Waals surface area contributed by atoms with E-state index in [0.29, 0.717) is 12.6 Å². The Morgan fingerprint density at radius 2 is 2.00 bits per heavy atom. The summed E-state index contributed by atoms with van der Waals surface area (Å²) in [5.74, 6) is 0.432. The molecule has 18 heavy (non-hydrogen) atoms. The molecule has 0 aromatic carbocycles. The maximum Gasteiger partial charge on any atom is 0.306 e. The van der Waals surface area contributed by atoms with Gasteiger partial charge in [0.15, 0.2) is 0 Å². The van der Waals surface area contributed by atoms with Gasteiger partial charge in [-0.3, -0.25) is 9.59 Å². The molecule has 2 atom stereocenters. The first-order chi connectivity index (χ1) is 8.65. The van der Waals surface area contributed by atoms with Crippen LogP contribution in [0.15, 0.2) is 0 Å². The van der Waals surface area contributed by atoms with Gasteiger partial charge in [0.05, 0.1) is 13.0 Å². The van der Waals surface area contributed by atoms with E-state index in [-0.39, 0.29) is 24.7 Å². The molecule has 0 aromatic heterocycles. The van der Waals surface area contributed by atoms with E-state index in [1.54, 1.807) is 6.92 Å². The lowest BCUT2D eigenvalue weighted by molar-refractivity contribution is -0.144. The predicted molar refractivity (Wildman–Crippen MR) is 70.0 cm³/mol. The van der Waals surface area contributed by atoms with E-state index in [0.717, 1.165) is 18.8 Å². The molecule has 1 aliphatic carbocycles. The van der Waals surface area contributed by atoms with Crippen LogP contribution in [0.25, 0.3) is 0 Å². The molecule has 1 fully saturated rings. The summed E-state index contributed by atoms with van der Waals surface area (Å²) in [6.45, 7) is 4.35. The van der Waals surface area contributed by atoms with Crippen molar-refractivity contribution in [3.8, 4) is 0 Å². The molecule has 1 saturated carbocycles. The first kappa shape index (κ1) is 15.0. The molecule has 0 radical (unpaired) electrons. The second kappa shape index (κ2) is 8.11. The van der Waals surface area contributed by atoms with Gasteiger partial charge in [-0.2, -0.15) is 0 Å². The second-order valence-electron chi connectivity index (χ2n) is 5.01. The molecule has 1 aliphatic rings. The van der Waals surface area contributed by atoms with Gasteiger partial charge >= 0.3 is 5.97 Å². The molecule has 4 heteroatoms. The fraction of sp³-hybridized carbons (Fsp3) is 0.857. The van der Waals surface area contributed by atoms with Crippen LogP contribution in [0.2, 0.25) is 0 Å². The van der Waals surface area contributed by atoms with Crippen LogP contribution >= 0.6 is 0 Å². The van der Waals surface area contributed by atoms with Crippen molar-refractivity contribution in [3.63, 3.8) is 0 Å². The zero-order valence-corrected chi connectivity index (χ0v) is 11.5. The summed E-state index contributed by atoms with van der Waals surface area (Å²) in [6, 6.07) is 0.304. The highest BCUT2D eigenvalue weighted by Crippen LogP contribution is 2.26. The summed E-state index contributed by atoms with van der Waals surface area (Å²) in [5.41, 5.74) is 0. The van der Waals surface area contributed by atoms with Gasteiger partial charge in [-0.15, -0.1) is 0 Å². The van der Waals surface area contributed by atoms with Crippen LogP contribution in [0, 0.1) is 5.92 Å². The summed E-state index contributed by atoms with van der Waals surface area (Å²) < 4.78 is 4.80. The van der Waals surface area contributed by atoms with E-state index in [4.69, 9.17) is 4.74 Å². The third-order valence-electron chi connectivity index (χ3n) is 3.59. The third-order valence-corrected chi connectivity index (χ3v) is 3.59. The Labute approximate surface area is 109 Å². The SMILES string of the molecule is CCOC(=O)CCC(=O)NC1CCCC(CC)C1. The summed E-state index contributed by atoms with van der Waals surface area (Å²) >= 11 is 0. The fourth-order valence-electron chi connectivity index (χ4n) is 2.54. The van der Waals surface area contributed by atoms with E-state index in [1.165, 1.54) is 19.3 Å². The summed E-state index contributed by atoms with van der Waals surface area (Å²) in [7, 11) is 0. The van der Waals surface area contributed by atoms with Gasteiger partial charge in [0.2, 0.25) is 5.91 Å². The fourth-order valence-corrected chi connectivity index (χ4v) is 2.54. The summed E-state index contributed by atoms with van der Waals surface area (Å²) in [5, 5.41) is 3.03. The van der Waals surface area contributed by atoms with Gasteiger partial charge in [-0.25, -0.2) is 0 Å². The van der Waals surface area contributed by atoms with Crippen molar-refractivity contribution in [1.29, 1.82) is 0 Å². The average molecular weight is 255 g/mol. The standard InChI is InChI=1S/C14H25NO3/c1-3-11-6-5-7-12(10-11)15-13(16)8-9-14(17)18-4-2/h11-12H,3-10H2,1-2H3,(H,15,16). The molecular weight excluding hydrogens is 230 g/mol. The van der Waals surface area contributed by atoms with E-state index in [9.17, 15) is 9.59 Å². The van der Waals surface area contributed by atoms with Crippen LogP contribution in [0.3, 0.4) is 0 Å². The van der Waals surface area contributed by atoms with Gasteiger partial charge < -0.3 is 10.1 Å². The molecule has 0 saturated heterocycles. The van der Waals surface area contributed by atoms with Crippen molar-refractivity contribution in [2.75, 3.05) is 6.61 Å². The Morgan fingerprint density at radius 1 is 1.22 bits per heavy atom. The molecule has 2 unspecified atom stereocenters. The molecule has 0 aromatic rings. The maximum atomic E-state index is 11.7. The second-order valence-corrected chi connectivity index (χ2v) is 5.01. The minimum Gasteiger partial charge on any atom is -0.466 e. The van der Waals surface area contributed by atoms with E-state index < -0.39 is 0 Å². The van der Waals surface area contributed by atoms with Crippen molar-refractivity contribution in [2.24, 2.45) is 5.92 Å². The highest BCUT2D eigenvalue weighted by Gasteiger charge is 2.22. The Bertz CT molecular complexity index is 278. The van der Waals surface area contributed by atoms with Crippen molar-refractivity contribution >= 4 is 11.9 Å². The minimum atomic E-state index is -0.289. The highest BCUT2D eigenvalue weighted by molar-refractivity contribution is 5.81. The number of nitrogens with one attached hydrogen (secondary N) is 1. The van der Waals surface area contributed by atoms with E-state index in [1.807, 2.05) is 0 Å². The van der Waals surface area contributed by atoms with Crippen LogP contribution in [0.4, 0.5) is 0 Å². The third kappa shape index (κ3) is 5.52. The smallest absolute Gasteiger partial charge is 0.306 e. The monoisotopic (exact) mass is 255 g/mol. The topological polar surface area (TPSA) is 55.4 Å². The summed E-state index contributed by atoms with van der Waals surface area (Å²) in [6.07, 6.45) is 6.25. The molecule has 104 valence electrons. The Hall–Kier alpha value is -1.06. The predicted octanol–water partition coefficient (Wildman–Crippen LogP) is 2.41. The molecule has 0 aliphatic heterocycles. The Balaban J connectivity index is 2.21. The van der Waals surface area contributed by atoms with Gasteiger partial charge in [0.25, 0.3) is 0 Å². The van der Waals surface area contributed by atoms with Crippen LogP contribution in [-0.2, 0) is 14.3 Å². The first-order valence-corrected chi connectivity index (χ1v) is 7.10. The minimum absolute atomic E-state index is 0.0233. The quantitative estimate of drug-likeness (QED) is 0.742. The van der Waals surface area contributed by atoms with Gasteiger partial charge in [0.1, 0.15) is 0 Å². The number of hydrogen-bond acceptors (Lipinski definition) is 3. The number of esters is 1.